The second-order valence-corrected chi connectivity index (χ2v) is 8.01. The molecule has 1 unspecified atom stereocenters. The van der Waals surface area contributed by atoms with Crippen molar-refractivity contribution < 1.29 is 14.3 Å². The zero-order valence-electron chi connectivity index (χ0n) is 17.0. The van der Waals surface area contributed by atoms with Gasteiger partial charge < -0.3 is 14.3 Å². The van der Waals surface area contributed by atoms with Gasteiger partial charge in [-0.2, -0.15) is 0 Å². The lowest BCUT2D eigenvalue weighted by Crippen LogP contribution is -2.37. The standard InChI is InChI=1S/C23H33NO3/c1-4-6-20-9-10-22(27-20)16-24-13-5-11-23(25,12-14-24)17-26-21-8-7-18(2)19(3)15-21/h7-10,15,25H,4-6,11-14,16-17H2,1-3H3. The van der Waals surface area contributed by atoms with E-state index in [1.165, 1.54) is 11.1 Å². The van der Waals surface area contributed by atoms with Crippen molar-refractivity contribution in [2.24, 2.45) is 0 Å². The van der Waals surface area contributed by atoms with E-state index in [1.54, 1.807) is 0 Å². The first-order valence-electron chi connectivity index (χ1n) is 10.2. The lowest BCUT2D eigenvalue weighted by Gasteiger charge is -2.27. The Labute approximate surface area is 163 Å². The summed E-state index contributed by atoms with van der Waals surface area (Å²) >= 11 is 0. The van der Waals surface area contributed by atoms with E-state index in [0.717, 1.165) is 69.0 Å². The van der Waals surface area contributed by atoms with Crippen LogP contribution in [0.3, 0.4) is 0 Å². The van der Waals surface area contributed by atoms with E-state index < -0.39 is 5.60 Å². The smallest absolute Gasteiger partial charge is 0.119 e. The molecule has 0 amide bonds. The second-order valence-electron chi connectivity index (χ2n) is 8.01. The summed E-state index contributed by atoms with van der Waals surface area (Å²) in [5.41, 5.74) is 1.71. The molecule has 1 aliphatic heterocycles. The van der Waals surface area contributed by atoms with E-state index in [0.29, 0.717) is 6.61 Å². The maximum atomic E-state index is 11.0. The Balaban J connectivity index is 1.52. The summed E-state index contributed by atoms with van der Waals surface area (Å²) in [5, 5.41) is 11.0. The molecule has 4 nitrogen and oxygen atoms in total. The molecule has 0 saturated carbocycles. The van der Waals surface area contributed by atoms with Crippen molar-refractivity contribution in [1.29, 1.82) is 0 Å². The van der Waals surface area contributed by atoms with Crippen molar-refractivity contribution in [1.82, 2.24) is 4.90 Å². The lowest BCUT2D eigenvalue weighted by atomic mass is 9.96. The summed E-state index contributed by atoms with van der Waals surface area (Å²) in [7, 11) is 0. The number of ether oxygens (including phenoxy) is 1. The summed E-state index contributed by atoms with van der Waals surface area (Å²) in [5.74, 6) is 2.93. The molecular weight excluding hydrogens is 338 g/mol. The van der Waals surface area contributed by atoms with E-state index >= 15 is 0 Å². The molecule has 1 aromatic heterocycles. The minimum atomic E-state index is -0.760. The molecule has 2 aromatic rings. The molecule has 148 valence electrons. The minimum absolute atomic E-state index is 0.352. The minimum Gasteiger partial charge on any atom is -0.491 e. The van der Waals surface area contributed by atoms with Crippen LogP contribution in [0.4, 0.5) is 0 Å². The monoisotopic (exact) mass is 371 g/mol. The van der Waals surface area contributed by atoms with Crippen molar-refractivity contribution in [3.63, 3.8) is 0 Å². The molecule has 1 aliphatic rings. The van der Waals surface area contributed by atoms with Gasteiger partial charge in [0, 0.05) is 13.0 Å². The maximum absolute atomic E-state index is 11.0. The third-order valence-electron chi connectivity index (χ3n) is 5.59. The Morgan fingerprint density at radius 1 is 1.07 bits per heavy atom. The zero-order chi connectivity index (χ0) is 19.3. The van der Waals surface area contributed by atoms with Gasteiger partial charge in [-0.3, -0.25) is 4.90 Å². The van der Waals surface area contributed by atoms with Crippen LogP contribution in [-0.4, -0.2) is 35.3 Å². The van der Waals surface area contributed by atoms with Crippen LogP contribution in [0.2, 0.25) is 0 Å². The third-order valence-corrected chi connectivity index (χ3v) is 5.59. The number of rotatable bonds is 7. The van der Waals surface area contributed by atoms with E-state index in [1.807, 2.05) is 12.1 Å². The molecule has 3 rings (SSSR count). The Morgan fingerprint density at radius 3 is 2.67 bits per heavy atom. The average Bonchev–Trinajstić information content (AvgIpc) is 2.99. The highest BCUT2D eigenvalue weighted by atomic mass is 16.5. The second kappa shape index (κ2) is 8.94. The summed E-state index contributed by atoms with van der Waals surface area (Å²) in [6.07, 6.45) is 4.56. The zero-order valence-corrected chi connectivity index (χ0v) is 17.0. The molecule has 1 fully saturated rings. The lowest BCUT2D eigenvalue weighted by molar-refractivity contribution is -0.0169. The van der Waals surface area contributed by atoms with Crippen LogP contribution in [0, 0.1) is 13.8 Å². The van der Waals surface area contributed by atoms with Gasteiger partial charge in [0.05, 0.1) is 12.1 Å². The van der Waals surface area contributed by atoms with Crippen molar-refractivity contribution in [2.45, 2.75) is 65.0 Å². The SMILES string of the molecule is CCCc1ccc(CN2CCCC(O)(COc3ccc(C)c(C)c3)CC2)o1. The largest absolute Gasteiger partial charge is 0.491 e. The number of nitrogens with zero attached hydrogens (tertiary/aromatic N) is 1. The summed E-state index contributed by atoms with van der Waals surface area (Å²) < 4.78 is 11.9. The summed E-state index contributed by atoms with van der Waals surface area (Å²) in [4.78, 5) is 2.38. The van der Waals surface area contributed by atoms with Crippen LogP contribution in [0.15, 0.2) is 34.7 Å². The van der Waals surface area contributed by atoms with E-state index in [9.17, 15) is 5.11 Å². The van der Waals surface area contributed by atoms with Crippen molar-refractivity contribution >= 4 is 0 Å². The fourth-order valence-corrected chi connectivity index (χ4v) is 3.67. The molecule has 0 spiro atoms. The molecule has 27 heavy (non-hydrogen) atoms. The van der Waals surface area contributed by atoms with Crippen molar-refractivity contribution in [3.8, 4) is 5.75 Å². The molecule has 0 aliphatic carbocycles. The molecule has 1 N–H and O–H groups in total. The number of aryl methyl sites for hydroxylation is 3. The quantitative estimate of drug-likeness (QED) is 0.770. The van der Waals surface area contributed by atoms with Crippen LogP contribution in [0.5, 0.6) is 5.75 Å². The highest BCUT2D eigenvalue weighted by Crippen LogP contribution is 2.26. The van der Waals surface area contributed by atoms with Crippen LogP contribution >= 0.6 is 0 Å². The van der Waals surface area contributed by atoms with Gasteiger partial charge in [0.1, 0.15) is 23.9 Å². The Hall–Kier alpha value is -1.78. The van der Waals surface area contributed by atoms with E-state index in [2.05, 4.69) is 43.9 Å². The van der Waals surface area contributed by atoms with Gasteiger partial charge in [-0.1, -0.05) is 13.0 Å². The highest BCUT2D eigenvalue weighted by Gasteiger charge is 2.31. The average molecular weight is 372 g/mol. The number of hydrogen-bond donors (Lipinski definition) is 1. The van der Waals surface area contributed by atoms with Crippen LogP contribution in [0.1, 0.15) is 55.3 Å². The molecule has 4 heteroatoms. The number of furan rings is 1. The normalized spacial score (nSPS) is 21.2. The highest BCUT2D eigenvalue weighted by molar-refractivity contribution is 5.33. The van der Waals surface area contributed by atoms with Gasteiger partial charge in [0.25, 0.3) is 0 Å². The Bertz CT molecular complexity index is 739. The van der Waals surface area contributed by atoms with Gasteiger partial charge in [0.15, 0.2) is 0 Å². The fraction of sp³-hybridized carbons (Fsp3) is 0.565. The molecular formula is C23H33NO3. The first kappa shape index (κ1) is 20.0. The number of aliphatic hydroxyl groups is 1. The van der Waals surface area contributed by atoms with Crippen molar-refractivity contribution in [2.75, 3.05) is 19.7 Å². The fourth-order valence-electron chi connectivity index (χ4n) is 3.67. The Morgan fingerprint density at radius 2 is 1.89 bits per heavy atom. The summed E-state index contributed by atoms with van der Waals surface area (Å²) in [6, 6.07) is 10.3. The molecule has 2 heterocycles. The number of benzene rings is 1. The predicted octanol–water partition coefficient (Wildman–Crippen LogP) is 4.64. The molecule has 1 aromatic carbocycles. The molecule has 0 radical (unpaired) electrons. The van der Waals surface area contributed by atoms with Crippen molar-refractivity contribution in [3.05, 3.63) is 53.0 Å². The number of likely N-dealkylation sites (tertiary alicyclic amines) is 1. The predicted molar refractivity (Wildman–Crippen MR) is 108 cm³/mol. The van der Waals surface area contributed by atoms with E-state index in [4.69, 9.17) is 9.15 Å². The summed E-state index contributed by atoms with van der Waals surface area (Å²) in [6.45, 7) is 9.35. The van der Waals surface area contributed by atoms with Crippen LogP contribution < -0.4 is 4.74 Å². The molecule has 0 bridgehead atoms. The maximum Gasteiger partial charge on any atom is 0.119 e. The third kappa shape index (κ3) is 5.60. The van der Waals surface area contributed by atoms with Gasteiger partial charge in [-0.25, -0.2) is 0 Å². The van der Waals surface area contributed by atoms with E-state index in [-0.39, 0.29) is 0 Å². The number of hydrogen-bond acceptors (Lipinski definition) is 4. The molecule has 1 atom stereocenters. The van der Waals surface area contributed by atoms with Gasteiger partial charge in [-0.05, 0) is 81.5 Å². The van der Waals surface area contributed by atoms with Gasteiger partial charge in [0.2, 0.25) is 0 Å². The van der Waals surface area contributed by atoms with Crippen LogP contribution in [0.25, 0.3) is 0 Å². The topological polar surface area (TPSA) is 45.8 Å². The van der Waals surface area contributed by atoms with Gasteiger partial charge >= 0.3 is 0 Å². The molecule has 1 saturated heterocycles. The first-order chi connectivity index (χ1) is 13.0. The first-order valence-corrected chi connectivity index (χ1v) is 10.2. The van der Waals surface area contributed by atoms with Gasteiger partial charge in [-0.15, -0.1) is 0 Å². The van der Waals surface area contributed by atoms with Crippen LogP contribution in [-0.2, 0) is 13.0 Å². The Kier molecular flexibility index (Phi) is 6.61.